The first-order valence-corrected chi connectivity index (χ1v) is 13.0. The SMILES string of the molecule is CCc1ccc(-c2sc(NN3Cc4cccc([N+](=O)[O-])c4CC3C(=O)O)nc2-c2ccc(OC)cc2)cc1. The highest BCUT2D eigenvalue weighted by atomic mass is 32.1. The minimum Gasteiger partial charge on any atom is -0.497 e. The first-order valence-electron chi connectivity index (χ1n) is 12.1. The Morgan fingerprint density at radius 1 is 1.16 bits per heavy atom. The second-order valence-corrected chi connectivity index (χ2v) is 9.94. The van der Waals surface area contributed by atoms with Crippen molar-refractivity contribution in [3.8, 4) is 27.4 Å². The van der Waals surface area contributed by atoms with E-state index in [9.17, 15) is 20.0 Å². The van der Waals surface area contributed by atoms with E-state index in [-0.39, 0.29) is 18.7 Å². The third-order valence-electron chi connectivity index (χ3n) is 6.70. The molecule has 0 amide bonds. The van der Waals surface area contributed by atoms with Crippen LogP contribution in [0.15, 0.2) is 66.7 Å². The predicted octanol–water partition coefficient (Wildman–Crippen LogP) is 5.79. The fourth-order valence-electron chi connectivity index (χ4n) is 4.63. The van der Waals surface area contributed by atoms with Gasteiger partial charge in [-0.3, -0.25) is 20.3 Å². The lowest BCUT2D eigenvalue weighted by molar-refractivity contribution is -0.385. The number of nitro groups is 1. The van der Waals surface area contributed by atoms with Crippen LogP contribution in [0.1, 0.15) is 23.6 Å². The first-order chi connectivity index (χ1) is 18.4. The van der Waals surface area contributed by atoms with Gasteiger partial charge in [-0.05, 0) is 47.4 Å². The van der Waals surface area contributed by atoms with Crippen molar-refractivity contribution in [1.29, 1.82) is 0 Å². The smallest absolute Gasteiger partial charge is 0.323 e. The predicted molar refractivity (Wildman–Crippen MR) is 146 cm³/mol. The summed E-state index contributed by atoms with van der Waals surface area (Å²) in [5, 5.41) is 23.6. The lowest BCUT2D eigenvalue weighted by Gasteiger charge is -2.33. The normalized spacial score (nSPS) is 15.1. The maximum Gasteiger partial charge on any atom is 0.323 e. The third-order valence-corrected chi connectivity index (χ3v) is 7.71. The van der Waals surface area contributed by atoms with E-state index >= 15 is 0 Å². The van der Waals surface area contributed by atoms with Gasteiger partial charge in [0.15, 0.2) is 5.13 Å². The highest BCUT2D eigenvalue weighted by molar-refractivity contribution is 7.19. The molecule has 0 radical (unpaired) electrons. The van der Waals surface area contributed by atoms with Gasteiger partial charge in [0.2, 0.25) is 0 Å². The van der Waals surface area contributed by atoms with Gasteiger partial charge in [0.1, 0.15) is 11.8 Å². The van der Waals surface area contributed by atoms with Crippen molar-refractivity contribution in [2.45, 2.75) is 32.4 Å². The summed E-state index contributed by atoms with van der Waals surface area (Å²) in [6.45, 7) is 2.29. The molecule has 1 aliphatic heterocycles. The Hall–Kier alpha value is -4.28. The number of nitro benzene ring substituents is 1. The zero-order chi connectivity index (χ0) is 26.8. The fraction of sp³-hybridized carbons (Fsp3) is 0.214. The molecule has 1 aromatic heterocycles. The third kappa shape index (κ3) is 4.96. The Bertz CT molecular complexity index is 1420. The van der Waals surface area contributed by atoms with E-state index in [1.807, 2.05) is 24.3 Å². The molecule has 0 saturated heterocycles. The van der Waals surface area contributed by atoms with Crippen molar-refractivity contribution >= 4 is 28.1 Å². The summed E-state index contributed by atoms with van der Waals surface area (Å²) in [4.78, 5) is 29.1. The largest absolute Gasteiger partial charge is 0.497 e. The molecule has 3 aromatic carbocycles. The van der Waals surface area contributed by atoms with Gasteiger partial charge in [0.05, 0.1) is 22.6 Å². The highest BCUT2D eigenvalue weighted by Gasteiger charge is 2.36. The van der Waals surface area contributed by atoms with E-state index in [1.54, 1.807) is 24.3 Å². The standard InChI is InChI=1S/C28H26N4O5S/c1-3-17-7-9-19(10-8-17)26-25(18-11-13-21(37-2)14-12-18)29-28(38-26)30-31-16-20-5-4-6-23(32(35)36)22(20)15-24(31)27(33)34/h4-14,24H,3,15-16H2,1-2H3,(H,29,30)(H,33,34). The molecule has 10 heteroatoms. The van der Waals surface area contributed by atoms with Crippen LogP contribution < -0.4 is 10.2 Å². The van der Waals surface area contributed by atoms with Gasteiger partial charge in [0.25, 0.3) is 5.69 Å². The number of rotatable bonds is 8. The van der Waals surface area contributed by atoms with Crippen molar-refractivity contribution in [1.82, 2.24) is 9.99 Å². The molecular weight excluding hydrogens is 504 g/mol. The molecule has 4 aromatic rings. The number of aryl methyl sites for hydroxylation is 1. The van der Waals surface area contributed by atoms with Crippen LogP contribution in [0.25, 0.3) is 21.7 Å². The number of carboxylic acid groups (broad SMARTS) is 1. The van der Waals surface area contributed by atoms with Crippen molar-refractivity contribution < 1.29 is 19.6 Å². The Balaban J connectivity index is 1.53. The van der Waals surface area contributed by atoms with Crippen LogP contribution in [-0.4, -0.2) is 39.1 Å². The lowest BCUT2D eigenvalue weighted by atomic mass is 9.93. The number of aromatic nitrogens is 1. The summed E-state index contributed by atoms with van der Waals surface area (Å²) in [7, 11) is 1.62. The Kier molecular flexibility index (Phi) is 7.08. The van der Waals surface area contributed by atoms with Crippen molar-refractivity contribution in [2.75, 3.05) is 12.5 Å². The molecule has 0 fully saturated rings. The lowest BCUT2D eigenvalue weighted by Crippen LogP contribution is -2.48. The molecule has 0 saturated carbocycles. The summed E-state index contributed by atoms with van der Waals surface area (Å²) >= 11 is 1.43. The molecule has 194 valence electrons. The first kappa shape index (κ1) is 25.4. The number of ether oxygens (including phenoxy) is 1. The number of carbonyl (C=O) groups is 1. The minimum atomic E-state index is -1.07. The summed E-state index contributed by atoms with van der Waals surface area (Å²) < 4.78 is 5.30. The number of methoxy groups -OCH3 is 1. The minimum absolute atomic E-state index is 0.0108. The van der Waals surface area contributed by atoms with Crippen LogP contribution >= 0.6 is 11.3 Å². The molecular formula is C28H26N4O5S. The van der Waals surface area contributed by atoms with Gasteiger partial charge < -0.3 is 9.84 Å². The molecule has 5 rings (SSSR count). The van der Waals surface area contributed by atoms with Crippen LogP contribution in [0.5, 0.6) is 5.75 Å². The van der Waals surface area contributed by atoms with E-state index in [0.717, 1.165) is 33.9 Å². The number of thiazole rings is 1. The zero-order valence-electron chi connectivity index (χ0n) is 20.9. The van der Waals surface area contributed by atoms with E-state index in [4.69, 9.17) is 9.72 Å². The van der Waals surface area contributed by atoms with Crippen LogP contribution in [-0.2, 0) is 24.2 Å². The number of hydrazine groups is 1. The number of anilines is 1. The van der Waals surface area contributed by atoms with Gasteiger partial charge in [-0.2, -0.15) is 0 Å². The Morgan fingerprint density at radius 2 is 1.87 bits per heavy atom. The second-order valence-electron chi connectivity index (χ2n) is 8.95. The number of carboxylic acids is 1. The Labute approximate surface area is 223 Å². The van der Waals surface area contributed by atoms with E-state index in [2.05, 4.69) is 36.6 Å². The average Bonchev–Trinajstić information content (AvgIpc) is 3.35. The van der Waals surface area contributed by atoms with Crippen LogP contribution in [0.3, 0.4) is 0 Å². The summed E-state index contributed by atoms with van der Waals surface area (Å²) in [5.74, 6) is -0.329. The van der Waals surface area contributed by atoms with Gasteiger partial charge >= 0.3 is 5.97 Å². The molecule has 0 spiro atoms. The zero-order valence-corrected chi connectivity index (χ0v) is 21.7. The second kappa shape index (κ2) is 10.6. The maximum absolute atomic E-state index is 12.2. The number of aliphatic carboxylic acids is 1. The van der Waals surface area contributed by atoms with E-state index < -0.39 is 16.9 Å². The topological polar surface area (TPSA) is 118 Å². The van der Waals surface area contributed by atoms with Crippen LogP contribution in [0, 0.1) is 10.1 Å². The fourth-order valence-corrected chi connectivity index (χ4v) is 5.64. The molecule has 0 aliphatic carbocycles. The van der Waals surface area contributed by atoms with Crippen molar-refractivity contribution in [3.63, 3.8) is 0 Å². The molecule has 9 nitrogen and oxygen atoms in total. The molecule has 1 atom stereocenters. The number of fused-ring (bicyclic) bond motifs is 1. The van der Waals surface area contributed by atoms with Crippen LogP contribution in [0.2, 0.25) is 0 Å². The summed E-state index contributed by atoms with van der Waals surface area (Å²) in [5.41, 5.74) is 8.24. The molecule has 1 aliphatic rings. The summed E-state index contributed by atoms with van der Waals surface area (Å²) in [6, 6.07) is 19.8. The Morgan fingerprint density at radius 3 is 2.50 bits per heavy atom. The quantitative estimate of drug-likeness (QED) is 0.217. The van der Waals surface area contributed by atoms with Crippen molar-refractivity contribution in [3.05, 3.63) is 93.5 Å². The number of nitrogens with one attached hydrogen (secondary N) is 1. The maximum atomic E-state index is 12.2. The molecule has 2 heterocycles. The number of benzene rings is 3. The van der Waals surface area contributed by atoms with Gasteiger partial charge in [-0.15, -0.1) is 0 Å². The van der Waals surface area contributed by atoms with Crippen LogP contribution in [0.4, 0.5) is 10.8 Å². The molecule has 0 bridgehead atoms. The van der Waals surface area contributed by atoms with Gasteiger partial charge in [-0.25, -0.2) is 9.99 Å². The molecule has 1 unspecified atom stereocenters. The van der Waals surface area contributed by atoms with E-state index in [0.29, 0.717) is 16.3 Å². The van der Waals surface area contributed by atoms with Gasteiger partial charge in [-0.1, -0.05) is 54.7 Å². The molecule has 2 N–H and O–H groups in total. The number of nitrogens with zero attached hydrogens (tertiary/aromatic N) is 3. The number of hydrogen-bond donors (Lipinski definition) is 2. The van der Waals surface area contributed by atoms with Gasteiger partial charge in [0, 0.05) is 30.2 Å². The molecule has 38 heavy (non-hydrogen) atoms. The van der Waals surface area contributed by atoms with Crippen molar-refractivity contribution in [2.24, 2.45) is 0 Å². The average molecular weight is 531 g/mol. The number of hydrogen-bond acceptors (Lipinski definition) is 8. The van der Waals surface area contributed by atoms with E-state index in [1.165, 1.54) is 23.0 Å². The summed E-state index contributed by atoms with van der Waals surface area (Å²) in [6.07, 6.45) is 0.948. The monoisotopic (exact) mass is 530 g/mol. The highest BCUT2D eigenvalue weighted by Crippen LogP contribution is 2.40.